The van der Waals surface area contributed by atoms with Crippen LogP contribution in [0.3, 0.4) is 0 Å². The lowest BCUT2D eigenvalue weighted by molar-refractivity contribution is -0.143. The van der Waals surface area contributed by atoms with Crippen LogP contribution < -0.4 is 0 Å². The van der Waals surface area contributed by atoms with E-state index in [-0.39, 0.29) is 23.8 Å². The van der Waals surface area contributed by atoms with Crippen LogP contribution in [-0.2, 0) is 14.3 Å². The van der Waals surface area contributed by atoms with Crippen molar-refractivity contribution in [3.05, 3.63) is 71.8 Å². The third-order valence-corrected chi connectivity index (χ3v) is 5.49. The average molecular weight is 364 g/mol. The molecule has 2 aliphatic rings. The summed E-state index contributed by atoms with van der Waals surface area (Å²) in [6.45, 7) is 3.20. The van der Waals surface area contributed by atoms with E-state index in [0.29, 0.717) is 32.8 Å². The summed E-state index contributed by atoms with van der Waals surface area (Å²) in [5.41, 5.74) is 2.02. The molecule has 4 rings (SSSR count). The number of carbonyl (C=O) groups excluding carboxylic acids is 2. The normalized spacial score (nSPS) is 20.7. The molecule has 140 valence electrons. The lowest BCUT2D eigenvalue weighted by atomic mass is 9.90. The zero-order valence-corrected chi connectivity index (χ0v) is 15.3. The Morgan fingerprint density at radius 1 is 0.889 bits per heavy atom. The topological polar surface area (TPSA) is 49.9 Å². The number of rotatable bonds is 4. The van der Waals surface area contributed by atoms with E-state index in [1.165, 1.54) is 0 Å². The lowest BCUT2D eigenvalue weighted by Crippen LogP contribution is -2.53. The largest absolute Gasteiger partial charge is 0.464 e. The van der Waals surface area contributed by atoms with E-state index in [0.717, 1.165) is 17.5 Å². The minimum absolute atomic E-state index is 0.124. The number of piperazine rings is 1. The third kappa shape index (κ3) is 3.74. The molecule has 2 saturated heterocycles. The van der Waals surface area contributed by atoms with Gasteiger partial charge in [0.1, 0.15) is 6.04 Å². The van der Waals surface area contributed by atoms with Gasteiger partial charge < -0.3 is 9.64 Å². The van der Waals surface area contributed by atoms with Crippen molar-refractivity contribution in [3.63, 3.8) is 0 Å². The number of hydrogen-bond donors (Lipinski definition) is 0. The maximum absolute atomic E-state index is 13.4. The number of hydrogen-bond acceptors (Lipinski definition) is 4. The SMILES string of the molecule is O=C1OCC[C@H]1N1CCN(C(=O)C(c2ccccc2)c2ccccc2)CC1. The van der Waals surface area contributed by atoms with E-state index in [1.807, 2.05) is 65.6 Å². The van der Waals surface area contributed by atoms with Crippen LogP contribution in [-0.4, -0.2) is 60.5 Å². The molecule has 0 unspecified atom stereocenters. The monoisotopic (exact) mass is 364 g/mol. The lowest BCUT2D eigenvalue weighted by Gasteiger charge is -2.38. The van der Waals surface area contributed by atoms with Crippen LogP contribution in [0.15, 0.2) is 60.7 Å². The minimum atomic E-state index is -0.296. The minimum Gasteiger partial charge on any atom is -0.464 e. The highest BCUT2D eigenvalue weighted by Crippen LogP contribution is 2.27. The second kappa shape index (κ2) is 7.92. The van der Waals surface area contributed by atoms with E-state index < -0.39 is 0 Å². The van der Waals surface area contributed by atoms with Crippen LogP contribution >= 0.6 is 0 Å². The number of cyclic esters (lactones) is 1. The van der Waals surface area contributed by atoms with Crippen LogP contribution in [0.25, 0.3) is 0 Å². The molecule has 0 aromatic heterocycles. The Hall–Kier alpha value is -2.66. The first-order chi connectivity index (χ1) is 13.2. The van der Waals surface area contributed by atoms with Crippen LogP contribution in [0.5, 0.6) is 0 Å². The maximum Gasteiger partial charge on any atom is 0.323 e. The predicted molar refractivity (Wildman–Crippen MR) is 102 cm³/mol. The predicted octanol–water partition coefficient (Wildman–Crippen LogP) is 2.28. The molecule has 0 radical (unpaired) electrons. The molecule has 1 atom stereocenters. The fourth-order valence-electron chi connectivity index (χ4n) is 4.02. The van der Waals surface area contributed by atoms with Crippen molar-refractivity contribution in [1.29, 1.82) is 0 Å². The van der Waals surface area contributed by atoms with E-state index in [2.05, 4.69) is 4.90 Å². The first kappa shape index (κ1) is 17.7. The Kier molecular flexibility index (Phi) is 5.21. The van der Waals surface area contributed by atoms with Gasteiger partial charge in [-0.3, -0.25) is 14.5 Å². The molecule has 0 N–H and O–H groups in total. The van der Waals surface area contributed by atoms with Crippen molar-refractivity contribution in [1.82, 2.24) is 9.80 Å². The summed E-state index contributed by atoms with van der Waals surface area (Å²) >= 11 is 0. The zero-order valence-electron chi connectivity index (χ0n) is 15.3. The van der Waals surface area contributed by atoms with Gasteiger partial charge in [0, 0.05) is 32.6 Å². The third-order valence-electron chi connectivity index (χ3n) is 5.49. The molecular weight excluding hydrogens is 340 g/mol. The Morgan fingerprint density at radius 3 is 1.93 bits per heavy atom. The summed E-state index contributed by atoms with van der Waals surface area (Å²) in [5.74, 6) is -0.294. The molecule has 2 aliphatic heterocycles. The first-order valence-electron chi connectivity index (χ1n) is 9.53. The van der Waals surface area contributed by atoms with Gasteiger partial charge in [0.15, 0.2) is 0 Å². The van der Waals surface area contributed by atoms with Gasteiger partial charge in [-0.15, -0.1) is 0 Å². The quantitative estimate of drug-likeness (QED) is 0.781. The van der Waals surface area contributed by atoms with Gasteiger partial charge in [0.25, 0.3) is 0 Å². The molecule has 27 heavy (non-hydrogen) atoms. The van der Waals surface area contributed by atoms with Crippen LogP contribution in [0, 0.1) is 0 Å². The molecule has 1 amide bonds. The summed E-state index contributed by atoms with van der Waals surface area (Å²) in [7, 11) is 0. The van der Waals surface area contributed by atoms with E-state index >= 15 is 0 Å². The average Bonchev–Trinajstić information content (AvgIpc) is 3.16. The highest BCUT2D eigenvalue weighted by atomic mass is 16.5. The molecule has 5 nitrogen and oxygen atoms in total. The number of ether oxygens (including phenoxy) is 1. The van der Waals surface area contributed by atoms with Crippen molar-refractivity contribution in [2.24, 2.45) is 0 Å². The van der Waals surface area contributed by atoms with Gasteiger partial charge in [-0.1, -0.05) is 60.7 Å². The fourth-order valence-corrected chi connectivity index (χ4v) is 4.02. The maximum atomic E-state index is 13.4. The van der Waals surface area contributed by atoms with Gasteiger partial charge in [-0.25, -0.2) is 0 Å². The van der Waals surface area contributed by atoms with E-state index in [4.69, 9.17) is 4.74 Å². The molecule has 2 aromatic carbocycles. The summed E-state index contributed by atoms with van der Waals surface area (Å²) in [6.07, 6.45) is 0.753. The van der Waals surface area contributed by atoms with Crippen LogP contribution in [0.4, 0.5) is 0 Å². The molecular formula is C22H24N2O3. The Bertz CT molecular complexity index is 746. The standard InChI is InChI=1S/C22H24N2O3/c25-21(24-14-12-23(13-15-24)19-11-16-27-22(19)26)20(17-7-3-1-4-8-17)18-9-5-2-6-10-18/h1-10,19-20H,11-16H2/t19-/m1/s1. The Labute approximate surface area is 159 Å². The van der Waals surface area contributed by atoms with Crippen molar-refractivity contribution in [2.75, 3.05) is 32.8 Å². The van der Waals surface area contributed by atoms with E-state index in [9.17, 15) is 9.59 Å². The second-order valence-corrected chi connectivity index (χ2v) is 7.09. The Balaban J connectivity index is 1.50. The molecule has 2 aromatic rings. The van der Waals surface area contributed by atoms with E-state index in [1.54, 1.807) is 0 Å². The molecule has 0 bridgehead atoms. The highest BCUT2D eigenvalue weighted by molar-refractivity contribution is 5.87. The number of nitrogens with zero attached hydrogens (tertiary/aromatic N) is 2. The fraction of sp³-hybridized carbons (Fsp3) is 0.364. The molecule has 0 aliphatic carbocycles. The highest BCUT2D eigenvalue weighted by Gasteiger charge is 2.36. The molecule has 2 fully saturated rings. The van der Waals surface area contributed by atoms with Gasteiger partial charge in [0.05, 0.1) is 12.5 Å². The summed E-state index contributed by atoms with van der Waals surface area (Å²) in [5, 5.41) is 0. The summed E-state index contributed by atoms with van der Waals surface area (Å²) < 4.78 is 5.09. The van der Waals surface area contributed by atoms with Crippen molar-refractivity contribution >= 4 is 11.9 Å². The van der Waals surface area contributed by atoms with Gasteiger partial charge >= 0.3 is 5.97 Å². The number of esters is 1. The molecule has 5 heteroatoms. The number of carbonyl (C=O) groups is 2. The summed E-state index contributed by atoms with van der Waals surface area (Å²) in [6, 6.07) is 19.8. The molecule has 0 spiro atoms. The number of benzene rings is 2. The molecule has 0 saturated carbocycles. The van der Waals surface area contributed by atoms with Gasteiger partial charge in [-0.2, -0.15) is 0 Å². The second-order valence-electron chi connectivity index (χ2n) is 7.09. The smallest absolute Gasteiger partial charge is 0.323 e. The van der Waals surface area contributed by atoms with Crippen molar-refractivity contribution < 1.29 is 14.3 Å². The van der Waals surface area contributed by atoms with Gasteiger partial charge in [0.2, 0.25) is 5.91 Å². The van der Waals surface area contributed by atoms with Crippen molar-refractivity contribution in [3.8, 4) is 0 Å². The van der Waals surface area contributed by atoms with Gasteiger partial charge in [-0.05, 0) is 11.1 Å². The van der Waals surface area contributed by atoms with Crippen molar-refractivity contribution in [2.45, 2.75) is 18.4 Å². The molecule has 2 heterocycles. The summed E-state index contributed by atoms with van der Waals surface area (Å²) in [4.78, 5) is 29.3. The van der Waals surface area contributed by atoms with Crippen LogP contribution in [0.1, 0.15) is 23.5 Å². The zero-order chi connectivity index (χ0) is 18.6. The van der Waals surface area contributed by atoms with Crippen LogP contribution in [0.2, 0.25) is 0 Å². The Morgan fingerprint density at radius 2 is 1.44 bits per heavy atom. The number of amides is 1. The first-order valence-corrected chi connectivity index (χ1v) is 9.53.